The molecule has 0 radical (unpaired) electrons. The third-order valence-electron chi connectivity index (χ3n) is 5.08. The van der Waals surface area contributed by atoms with Crippen molar-refractivity contribution >= 4 is 5.91 Å². The molecule has 1 aliphatic rings. The van der Waals surface area contributed by atoms with Crippen LogP contribution >= 0.6 is 0 Å². The summed E-state index contributed by atoms with van der Waals surface area (Å²) in [6.07, 6.45) is 3.41. The fraction of sp³-hybridized carbons (Fsp3) is 0.318. The summed E-state index contributed by atoms with van der Waals surface area (Å²) in [4.78, 5) is 17.2. The van der Waals surface area contributed by atoms with Crippen molar-refractivity contribution in [3.63, 3.8) is 0 Å². The molecule has 1 aliphatic heterocycles. The second-order valence-electron chi connectivity index (χ2n) is 7.13. The molecule has 6 nitrogen and oxygen atoms in total. The van der Waals surface area contributed by atoms with E-state index < -0.39 is 0 Å². The Balaban J connectivity index is 1.52. The first kappa shape index (κ1) is 18.4. The van der Waals surface area contributed by atoms with Gasteiger partial charge in [-0.05, 0) is 50.4 Å². The van der Waals surface area contributed by atoms with Gasteiger partial charge in [0.2, 0.25) is 5.82 Å². The Morgan fingerprint density at radius 2 is 1.86 bits per heavy atom. The van der Waals surface area contributed by atoms with Crippen LogP contribution in [0.5, 0.6) is 0 Å². The third-order valence-corrected chi connectivity index (χ3v) is 5.08. The normalized spacial score (nSPS) is 16.6. The molecule has 3 aromatic rings. The predicted octanol–water partition coefficient (Wildman–Crippen LogP) is 3.05. The maximum atomic E-state index is 12.6. The second-order valence-corrected chi connectivity index (χ2v) is 7.13. The third kappa shape index (κ3) is 4.28. The van der Waals surface area contributed by atoms with E-state index in [0.717, 1.165) is 30.8 Å². The van der Waals surface area contributed by atoms with Gasteiger partial charge in [-0.3, -0.25) is 4.79 Å². The van der Waals surface area contributed by atoms with E-state index in [4.69, 9.17) is 0 Å². The van der Waals surface area contributed by atoms with Gasteiger partial charge in [-0.15, -0.1) is 5.10 Å². The van der Waals surface area contributed by atoms with Gasteiger partial charge < -0.3 is 10.6 Å². The van der Waals surface area contributed by atoms with Gasteiger partial charge in [-0.2, -0.15) is 0 Å². The maximum Gasteiger partial charge on any atom is 0.290 e. The van der Waals surface area contributed by atoms with E-state index in [1.54, 1.807) is 4.68 Å². The molecule has 144 valence electrons. The summed E-state index contributed by atoms with van der Waals surface area (Å²) in [5, 5.41) is 10.9. The molecule has 1 amide bonds. The molecule has 2 heterocycles. The number of rotatable bonds is 6. The van der Waals surface area contributed by atoms with Gasteiger partial charge in [-0.1, -0.05) is 48.5 Å². The Labute approximate surface area is 165 Å². The van der Waals surface area contributed by atoms with Gasteiger partial charge in [0.05, 0.1) is 5.69 Å². The highest BCUT2D eigenvalue weighted by Gasteiger charge is 2.19. The molecule has 0 spiro atoms. The van der Waals surface area contributed by atoms with Crippen molar-refractivity contribution in [2.75, 3.05) is 19.6 Å². The van der Waals surface area contributed by atoms with Gasteiger partial charge in [-0.25, -0.2) is 9.67 Å². The number of amides is 1. The van der Waals surface area contributed by atoms with Crippen LogP contribution in [0.4, 0.5) is 0 Å². The van der Waals surface area contributed by atoms with Crippen LogP contribution in [-0.2, 0) is 0 Å². The summed E-state index contributed by atoms with van der Waals surface area (Å²) in [6, 6.07) is 19.6. The lowest BCUT2D eigenvalue weighted by Gasteiger charge is -2.22. The summed E-state index contributed by atoms with van der Waals surface area (Å²) in [7, 11) is 0. The lowest BCUT2D eigenvalue weighted by molar-refractivity contribution is 0.0940. The molecule has 4 rings (SSSR count). The SMILES string of the molecule is O=C(NCCC1CCCNC1)c1nc(-c2ccccc2)n(-c2ccccc2)n1. The number of benzene rings is 2. The first-order valence-electron chi connectivity index (χ1n) is 9.88. The number of hydrogen-bond acceptors (Lipinski definition) is 4. The van der Waals surface area contributed by atoms with E-state index in [9.17, 15) is 4.79 Å². The number of aromatic nitrogens is 3. The average molecular weight is 375 g/mol. The summed E-state index contributed by atoms with van der Waals surface area (Å²) in [6.45, 7) is 2.78. The summed E-state index contributed by atoms with van der Waals surface area (Å²) < 4.78 is 1.73. The number of carbonyl (C=O) groups excluding carboxylic acids is 1. The zero-order valence-corrected chi connectivity index (χ0v) is 15.8. The number of piperidine rings is 1. The number of hydrogen-bond donors (Lipinski definition) is 2. The van der Waals surface area contributed by atoms with Crippen molar-refractivity contribution in [3.8, 4) is 17.1 Å². The van der Waals surface area contributed by atoms with Crippen LogP contribution in [0.3, 0.4) is 0 Å². The van der Waals surface area contributed by atoms with Gasteiger partial charge in [0.25, 0.3) is 5.91 Å². The quantitative estimate of drug-likeness (QED) is 0.695. The minimum atomic E-state index is -0.226. The van der Waals surface area contributed by atoms with Crippen molar-refractivity contribution in [2.45, 2.75) is 19.3 Å². The molecule has 0 saturated carbocycles. The number of nitrogens with zero attached hydrogens (tertiary/aromatic N) is 3. The molecule has 2 N–H and O–H groups in total. The van der Waals surface area contributed by atoms with Crippen LogP contribution in [0.2, 0.25) is 0 Å². The van der Waals surface area contributed by atoms with E-state index >= 15 is 0 Å². The zero-order valence-electron chi connectivity index (χ0n) is 15.8. The van der Waals surface area contributed by atoms with Crippen LogP contribution in [-0.4, -0.2) is 40.3 Å². The summed E-state index contributed by atoms with van der Waals surface area (Å²) in [5.41, 5.74) is 1.80. The molecule has 2 aromatic carbocycles. The molecule has 1 fully saturated rings. The largest absolute Gasteiger partial charge is 0.349 e. The number of carbonyl (C=O) groups is 1. The Morgan fingerprint density at radius 1 is 1.11 bits per heavy atom. The van der Waals surface area contributed by atoms with E-state index in [-0.39, 0.29) is 11.7 Å². The highest BCUT2D eigenvalue weighted by Crippen LogP contribution is 2.21. The van der Waals surface area contributed by atoms with Gasteiger partial charge >= 0.3 is 0 Å². The first-order valence-corrected chi connectivity index (χ1v) is 9.88. The second kappa shape index (κ2) is 8.80. The fourth-order valence-corrected chi connectivity index (χ4v) is 3.57. The average Bonchev–Trinajstić information content (AvgIpc) is 3.21. The monoisotopic (exact) mass is 375 g/mol. The lowest BCUT2D eigenvalue weighted by Crippen LogP contribution is -2.33. The smallest absolute Gasteiger partial charge is 0.290 e. The molecule has 1 aromatic heterocycles. The van der Waals surface area contributed by atoms with Crippen molar-refractivity contribution in [2.24, 2.45) is 5.92 Å². The maximum absolute atomic E-state index is 12.6. The first-order chi connectivity index (χ1) is 13.8. The molecule has 0 aliphatic carbocycles. The van der Waals surface area contributed by atoms with Crippen molar-refractivity contribution < 1.29 is 4.79 Å². The van der Waals surface area contributed by atoms with E-state index in [2.05, 4.69) is 20.7 Å². The van der Waals surface area contributed by atoms with E-state index in [0.29, 0.717) is 18.3 Å². The Kier molecular flexibility index (Phi) is 5.77. The molecule has 6 heteroatoms. The predicted molar refractivity (Wildman–Crippen MR) is 109 cm³/mol. The van der Waals surface area contributed by atoms with Gasteiger partial charge in [0, 0.05) is 12.1 Å². The van der Waals surface area contributed by atoms with Gasteiger partial charge in [0.15, 0.2) is 5.82 Å². The summed E-state index contributed by atoms with van der Waals surface area (Å²) >= 11 is 0. The van der Waals surface area contributed by atoms with E-state index in [1.165, 1.54) is 12.8 Å². The highest BCUT2D eigenvalue weighted by molar-refractivity contribution is 5.91. The Morgan fingerprint density at radius 3 is 2.57 bits per heavy atom. The molecule has 0 bridgehead atoms. The minimum Gasteiger partial charge on any atom is -0.349 e. The van der Waals surface area contributed by atoms with E-state index in [1.807, 2.05) is 60.7 Å². The number of nitrogens with one attached hydrogen (secondary N) is 2. The molecular weight excluding hydrogens is 350 g/mol. The van der Waals surface area contributed by atoms with Crippen molar-refractivity contribution in [3.05, 3.63) is 66.5 Å². The number of para-hydroxylation sites is 1. The van der Waals surface area contributed by atoms with Crippen LogP contribution in [0.25, 0.3) is 17.1 Å². The molecular formula is C22H25N5O. The van der Waals surface area contributed by atoms with Crippen LogP contribution in [0.15, 0.2) is 60.7 Å². The lowest BCUT2D eigenvalue weighted by atomic mass is 9.96. The Hall–Kier alpha value is -2.99. The van der Waals surface area contributed by atoms with Crippen LogP contribution < -0.4 is 10.6 Å². The van der Waals surface area contributed by atoms with Crippen molar-refractivity contribution in [1.29, 1.82) is 0 Å². The molecule has 1 saturated heterocycles. The molecule has 28 heavy (non-hydrogen) atoms. The fourth-order valence-electron chi connectivity index (χ4n) is 3.57. The summed E-state index contributed by atoms with van der Waals surface area (Å²) in [5.74, 6) is 1.26. The van der Waals surface area contributed by atoms with Crippen molar-refractivity contribution in [1.82, 2.24) is 25.4 Å². The standard InChI is InChI=1S/C22H25N5O/c28-22(24-15-13-17-8-7-14-23-16-17)20-25-21(18-9-3-1-4-10-18)27(26-20)19-11-5-2-6-12-19/h1-6,9-12,17,23H,7-8,13-16H2,(H,24,28). The molecule has 1 atom stereocenters. The van der Waals surface area contributed by atoms with Gasteiger partial charge in [0.1, 0.15) is 0 Å². The topological polar surface area (TPSA) is 71.8 Å². The highest BCUT2D eigenvalue weighted by atomic mass is 16.2. The Bertz CT molecular complexity index is 844. The van der Waals surface area contributed by atoms with Crippen LogP contribution in [0.1, 0.15) is 29.9 Å². The zero-order chi connectivity index (χ0) is 19.2. The molecule has 1 unspecified atom stereocenters. The minimum absolute atomic E-state index is 0.199. The van der Waals surface area contributed by atoms with Crippen LogP contribution in [0, 0.1) is 5.92 Å².